The number of halogens is 3. The number of alkyl halides is 3. The summed E-state index contributed by atoms with van der Waals surface area (Å²) in [4.78, 5) is 11.2. The number of rotatable bonds is 3. The maximum atomic E-state index is 13.0. The van der Waals surface area contributed by atoms with Crippen LogP contribution in [-0.4, -0.2) is 8.42 Å². The molecule has 2 aromatic carbocycles. The van der Waals surface area contributed by atoms with Gasteiger partial charge < -0.3 is 8.60 Å². The fourth-order valence-corrected chi connectivity index (χ4v) is 3.14. The number of benzene rings is 2. The van der Waals surface area contributed by atoms with Gasteiger partial charge in [-0.2, -0.15) is 21.6 Å². The summed E-state index contributed by atoms with van der Waals surface area (Å²) in [5.74, 6) is -0.279. The molecular formula is C16H9F3O5S. The summed E-state index contributed by atoms with van der Waals surface area (Å²) in [5, 5.41) is -0.378. The molecule has 0 aliphatic carbocycles. The second-order valence-electron chi connectivity index (χ2n) is 4.99. The second-order valence-corrected chi connectivity index (χ2v) is 6.53. The Morgan fingerprint density at radius 3 is 2.28 bits per heavy atom. The van der Waals surface area contributed by atoms with Gasteiger partial charge in [0.2, 0.25) is 0 Å². The third-order valence-corrected chi connectivity index (χ3v) is 4.52. The molecule has 0 unspecified atom stereocenters. The van der Waals surface area contributed by atoms with Crippen LogP contribution < -0.4 is 9.81 Å². The minimum Gasteiger partial charge on any atom is -0.423 e. The molecule has 5 nitrogen and oxygen atoms in total. The van der Waals surface area contributed by atoms with E-state index in [1.165, 1.54) is 24.3 Å². The fraction of sp³-hybridized carbons (Fsp3) is 0.0625. The molecule has 130 valence electrons. The lowest BCUT2D eigenvalue weighted by molar-refractivity contribution is -0.136. The highest BCUT2D eigenvalue weighted by Crippen LogP contribution is 2.35. The molecule has 0 aliphatic heterocycles. The minimum atomic E-state index is -4.76. The van der Waals surface area contributed by atoms with Gasteiger partial charge in [0, 0.05) is 17.5 Å². The Balaban J connectivity index is 2.07. The van der Waals surface area contributed by atoms with Gasteiger partial charge >= 0.3 is 21.9 Å². The standard InChI is InChI=1S/C16H9F3O5S/c17-16(18,19)13-9-15(20)23-14-8-10(6-7-12(13)14)24-25(21,22)11-4-2-1-3-5-11/h1-9H. The van der Waals surface area contributed by atoms with Crippen LogP contribution in [0.15, 0.2) is 68.7 Å². The van der Waals surface area contributed by atoms with E-state index in [1.807, 2.05) is 0 Å². The molecule has 0 bridgehead atoms. The molecule has 3 rings (SSSR count). The quantitative estimate of drug-likeness (QED) is 0.520. The monoisotopic (exact) mass is 370 g/mol. The molecule has 25 heavy (non-hydrogen) atoms. The van der Waals surface area contributed by atoms with Gasteiger partial charge in [0.15, 0.2) is 0 Å². The lowest BCUT2D eigenvalue weighted by atomic mass is 10.1. The zero-order valence-corrected chi connectivity index (χ0v) is 13.1. The Labute approximate surface area is 139 Å². The van der Waals surface area contributed by atoms with E-state index >= 15 is 0 Å². The molecule has 3 aromatic rings. The van der Waals surface area contributed by atoms with E-state index in [0.29, 0.717) is 6.07 Å². The molecule has 9 heteroatoms. The zero-order valence-electron chi connectivity index (χ0n) is 12.3. The number of hydrogen-bond donors (Lipinski definition) is 0. The van der Waals surface area contributed by atoms with Gasteiger partial charge in [-0.05, 0) is 24.3 Å². The van der Waals surface area contributed by atoms with Crippen molar-refractivity contribution < 1.29 is 30.2 Å². The van der Waals surface area contributed by atoms with Gasteiger partial charge in [-0.25, -0.2) is 4.79 Å². The van der Waals surface area contributed by atoms with Crippen LogP contribution >= 0.6 is 0 Å². The van der Waals surface area contributed by atoms with Gasteiger partial charge in [-0.15, -0.1) is 0 Å². The van der Waals surface area contributed by atoms with E-state index < -0.39 is 33.1 Å². The molecule has 0 saturated carbocycles. The molecule has 0 amide bonds. The predicted molar refractivity (Wildman–Crippen MR) is 81.7 cm³/mol. The van der Waals surface area contributed by atoms with E-state index in [0.717, 1.165) is 18.2 Å². The van der Waals surface area contributed by atoms with Crippen LogP contribution in [-0.2, 0) is 16.3 Å². The zero-order chi connectivity index (χ0) is 18.2. The average molecular weight is 370 g/mol. The maximum absolute atomic E-state index is 13.0. The van der Waals surface area contributed by atoms with Gasteiger partial charge in [0.1, 0.15) is 16.2 Å². The van der Waals surface area contributed by atoms with Crippen LogP contribution in [0.3, 0.4) is 0 Å². The molecule has 0 saturated heterocycles. The average Bonchev–Trinajstić information content (AvgIpc) is 2.53. The first-order chi connectivity index (χ1) is 11.7. The Morgan fingerprint density at radius 2 is 1.64 bits per heavy atom. The molecule has 0 atom stereocenters. The Kier molecular flexibility index (Phi) is 4.03. The first kappa shape index (κ1) is 17.0. The van der Waals surface area contributed by atoms with Gasteiger partial charge in [-0.1, -0.05) is 18.2 Å². The lowest BCUT2D eigenvalue weighted by Gasteiger charge is -2.11. The van der Waals surface area contributed by atoms with Crippen molar-refractivity contribution in [1.29, 1.82) is 0 Å². The summed E-state index contributed by atoms with van der Waals surface area (Å²) < 4.78 is 72.8. The fourth-order valence-electron chi connectivity index (χ4n) is 2.19. The van der Waals surface area contributed by atoms with Crippen molar-refractivity contribution in [2.45, 2.75) is 11.1 Å². The third-order valence-electron chi connectivity index (χ3n) is 3.26. The molecule has 0 aliphatic rings. The van der Waals surface area contributed by atoms with Crippen molar-refractivity contribution in [1.82, 2.24) is 0 Å². The lowest BCUT2D eigenvalue weighted by Crippen LogP contribution is -2.12. The topological polar surface area (TPSA) is 73.6 Å². The van der Waals surface area contributed by atoms with Crippen molar-refractivity contribution in [3.8, 4) is 5.75 Å². The molecular weight excluding hydrogens is 361 g/mol. The molecule has 0 spiro atoms. The van der Waals surface area contributed by atoms with Gasteiger partial charge in [0.05, 0.1) is 5.56 Å². The Hall–Kier alpha value is -2.81. The van der Waals surface area contributed by atoms with Gasteiger partial charge in [-0.3, -0.25) is 0 Å². The van der Waals surface area contributed by atoms with Crippen molar-refractivity contribution in [3.05, 3.63) is 70.6 Å². The van der Waals surface area contributed by atoms with Crippen LogP contribution in [0.4, 0.5) is 13.2 Å². The molecule has 1 aromatic heterocycles. The van der Waals surface area contributed by atoms with Gasteiger partial charge in [0.25, 0.3) is 0 Å². The molecule has 0 radical (unpaired) electrons. The summed E-state index contributed by atoms with van der Waals surface area (Å²) in [6, 6.07) is 10.5. The Morgan fingerprint density at radius 1 is 0.960 bits per heavy atom. The van der Waals surface area contributed by atoms with E-state index in [4.69, 9.17) is 8.60 Å². The van der Waals surface area contributed by atoms with Crippen molar-refractivity contribution in [2.75, 3.05) is 0 Å². The smallest absolute Gasteiger partial charge is 0.417 e. The minimum absolute atomic E-state index is 0.124. The SMILES string of the molecule is O=c1cc(C(F)(F)F)c2ccc(OS(=O)(=O)c3ccccc3)cc2o1. The van der Waals surface area contributed by atoms with E-state index in [2.05, 4.69) is 0 Å². The normalized spacial score (nSPS) is 12.3. The summed E-state index contributed by atoms with van der Waals surface area (Å²) in [7, 11) is -4.17. The second kappa shape index (κ2) is 5.92. The first-order valence-corrected chi connectivity index (χ1v) is 8.22. The van der Waals surface area contributed by atoms with Crippen LogP contribution in [0.5, 0.6) is 5.75 Å². The highest BCUT2D eigenvalue weighted by atomic mass is 32.2. The Bertz CT molecular complexity index is 1090. The summed E-state index contributed by atoms with van der Waals surface area (Å²) in [5.41, 5.74) is -2.81. The van der Waals surface area contributed by atoms with Crippen LogP contribution in [0.1, 0.15) is 5.56 Å². The van der Waals surface area contributed by atoms with E-state index in [-0.39, 0.29) is 16.0 Å². The summed E-state index contributed by atoms with van der Waals surface area (Å²) in [6.45, 7) is 0. The largest absolute Gasteiger partial charge is 0.423 e. The van der Waals surface area contributed by atoms with Crippen LogP contribution in [0.25, 0.3) is 11.0 Å². The third kappa shape index (κ3) is 3.50. The van der Waals surface area contributed by atoms with Crippen molar-refractivity contribution in [3.63, 3.8) is 0 Å². The number of fused-ring (bicyclic) bond motifs is 1. The highest BCUT2D eigenvalue weighted by Gasteiger charge is 2.34. The van der Waals surface area contributed by atoms with E-state index in [9.17, 15) is 26.4 Å². The molecule has 0 fully saturated rings. The maximum Gasteiger partial charge on any atom is 0.417 e. The summed E-state index contributed by atoms with van der Waals surface area (Å²) in [6.07, 6.45) is -4.76. The van der Waals surface area contributed by atoms with Crippen LogP contribution in [0, 0.1) is 0 Å². The number of hydrogen-bond acceptors (Lipinski definition) is 5. The van der Waals surface area contributed by atoms with Crippen molar-refractivity contribution >= 4 is 21.1 Å². The molecule has 1 heterocycles. The highest BCUT2D eigenvalue weighted by molar-refractivity contribution is 7.87. The van der Waals surface area contributed by atoms with Crippen molar-refractivity contribution in [2.24, 2.45) is 0 Å². The predicted octanol–water partition coefficient (Wildman–Crippen LogP) is 3.58. The van der Waals surface area contributed by atoms with Crippen LogP contribution in [0.2, 0.25) is 0 Å². The van der Waals surface area contributed by atoms with E-state index in [1.54, 1.807) is 6.07 Å². The first-order valence-electron chi connectivity index (χ1n) is 6.81. The summed E-state index contributed by atoms with van der Waals surface area (Å²) >= 11 is 0. The molecule has 0 N–H and O–H groups in total.